The number of anilines is 1. The second-order valence-electron chi connectivity index (χ2n) is 8.98. The molecule has 4 heteroatoms. The van der Waals surface area contributed by atoms with Crippen LogP contribution in [0.15, 0.2) is 35.3 Å². The molecule has 2 aromatic carbocycles. The molecule has 0 amide bonds. The molecule has 0 saturated heterocycles. The van der Waals surface area contributed by atoms with Gasteiger partial charge in [0.15, 0.2) is 5.96 Å². The Morgan fingerprint density at radius 1 is 1.00 bits per heavy atom. The predicted octanol–water partition coefficient (Wildman–Crippen LogP) is 5.60. The van der Waals surface area contributed by atoms with Crippen molar-refractivity contribution in [2.24, 2.45) is 34.4 Å². The molecule has 5 aliphatic rings. The number of guanidine groups is 1. The maximum absolute atomic E-state index is 6.41. The highest BCUT2D eigenvalue weighted by atomic mass is 79.9. The lowest BCUT2D eigenvalue weighted by molar-refractivity contribution is 0.00124. The predicted molar refractivity (Wildman–Crippen MR) is 117 cm³/mol. The molecule has 0 heterocycles. The minimum Gasteiger partial charge on any atom is -0.370 e. The number of nitrogens with two attached hydrogens (primary N) is 1. The first-order chi connectivity index (χ1) is 13.2. The molecule has 4 saturated carbocycles. The summed E-state index contributed by atoms with van der Waals surface area (Å²) in [6.07, 6.45) is 9.14. The van der Waals surface area contributed by atoms with Crippen molar-refractivity contribution in [3.05, 3.63) is 41.5 Å². The third-order valence-corrected chi connectivity index (χ3v) is 8.00. The van der Waals surface area contributed by atoms with Crippen LogP contribution in [0.4, 0.5) is 5.69 Å². The first-order valence-electron chi connectivity index (χ1n) is 10.2. The normalized spacial score (nSPS) is 33.6. The van der Waals surface area contributed by atoms with E-state index in [0.29, 0.717) is 12.0 Å². The first kappa shape index (κ1) is 16.2. The summed E-state index contributed by atoms with van der Waals surface area (Å²) in [7, 11) is 0. The highest BCUT2D eigenvalue weighted by molar-refractivity contribution is 9.15. The lowest BCUT2D eigenvalue weighted by Gasteiger charge is -2.53. The van der Waals surface area contributed by atoms with Crippen LogP contribution in [0.3, 0.4) is 0 Å². The minimum atomic E-state index is 0.429. The molecule has 27 heavy (non-hydrogen) atoms. The fraction of sp³-hybridized carbons (Fsp3) is 0.435. The summed E-state index contributed by atoms with van der Waals surface area (Å²) in [4.78, 5) is 5.01. The van der Waals surface area contributed by atoms with E-state index in [2.05, 4.69) is 57.7 Å². The Kier molecular flexibility index (Phi) is 3.50. The maximum Gasteiger partial charge on any atom is 0.193 e. The molecule has 0 aliphatic heterocycles. The topological polar surface area (TPSA) is 50.4 Å². The Balaban J connectivity index is 1.31. The minimum absolute atomic E-state index is 0.429. The number of hydrogen-bond donors (Lipinski definition) is 2. The quantitative estimate of drug-likeness (QED) is 0.489. The van der Waals surface area contributed by atoms with Crippen molar-refractivity contribution in [1.82, 2.24) is 0 Å². The second-order valence-corrected chi connectivity index (χ2v) is 9.84. The van der Waals surface area contributed by atoms with E-state index in [4.69, 9.17) is 10.7 Å². The summed E-state index contributed by atoms with van der Waals surface area (Å²) < 4.78 is 1.15. The van der Waals surface area contributed by atoms with Gasteiger partial charge in [0, 0.05) is 15.6 Å². The van der Waals surface area contributed by atoms with E-state index in [1.165, 1.54) is 54.0 Å². The largest absolute Gasteiger partial charge is 0.370 e. The molecule has 3 N–H and O–H groups in total. The Bertz CT molecular complexity index is 978. The van der Waals surface area contributed by atoms with Crippen molar-refractivity contribution >= 4 is 48.9 Å². The van der Waals surface area contributed by atoms with Crippen LogP contribution < -0.4 is 11.1 Å². The van der Waals surface area contributed by atoms with Gasteiger partial charge in [-0.1, -0.05) is 40.2 Å². The average molecular weight is 422 g/mol. The van der Waals surface area contributed by atoms with Crippen LogP contribution in [0.5, 0.6) is 0 Å². The molecule has 4 bridgehead atoms. The number of halogens is 1. The Hall–Kier alpha value is -1.81. The van der Waals surface area contributed by atoms with Crippen LogP contribution in [0.2, 0.25) is 0 Å². The van der Waals surface area contributed by atoms with Gasteiger partial charge in [0.1, 0.15) is 0 Å². The van der Waals surface area contributed by atoms with E-state index in [-0.39, 0.29) is 0 Å². The van der Waals surface area contributed by atoms with Crippen molar-refractivity contribution < 1.29 is 0 Å². The molecule has 7 rings (SSSR count). The van der Waals surface area contributed by atoms with Crippen LogP contribution >= 0.6 is 15.9 Å². The first-order valence-corrected chi connectivity index (χ1v) is 11.0. The van der Waals surface area contributed by atoms with E-state index >= 15 is 0 Å². The van der Waals surface area contributed by atoms with Crippen LogP contribution in [-0.2, 0) is 0 Å². The molecular formula is C23H24BrN3. The van der Waals surface area contributed by atoms with Crippen molar-refractivity contribution in [2.45, 2.75) is 38.1 Å². The van der Waals surface area contributed by atoms with Gasteiger partial charge in [0.2, 0.25) is 0 Å². The second kappa shape index (κ2) is 5.84. The summed E-state index contributed by atoms with van der Waals surface area (Å²) in [6, 6.07) is 11.2. The van der Waals surface area contributed by atoms with Gasteiger partial charge in [-0.3, -0.25) is 0 Å². The van der Waals surface area contributed by atoms with Crippen molar-refractivity contribution in [2.75, 3.05) is 5.32 Å². The zero-order valence-corrected chi connectivity index (χ0v) is 16.9. The van der Waals surface area contributed by atoms with Crippen molar-refractivity contribution in [3.8, 4) is 0 Å². The number of nitrogens with zero attached hydrogens (tertiary/aromatic N) is 1. The van der Waals surface area contributed by atoms with E-state index < -0.39 is 0 Å². The third-order valence-electron chi connectivity index (χ3n) is 7.34. The van der Waals surface area contributed by atoms with Gasteiger partial charge in [-0.25, -0.2) is 4.99 Å². The van der Waals surface area contributed by atoms with Crippen molar-refractivity contribution in [1.29, 1.82) is 0 Å². The Morgan fingerprint density at radius 2 is 1.74 bits per heavy atom. The van der Waals surface area contributed by atoms with Gasteiger partial charge < -0.3 is 11.1 Å². The number of hydrogen-bond acceptors (Lipinski definition) is 1. The van der Waals surface area contributed by atoms with Crippen LogP contribution in [-0.4, -0.2) is 12.0 Å². The summed E-state index contributed by atoms with van der Waals surface area (Å²) in [5.74, 6) is 4.04. The SMILES string of the molecule is NC(=NC1C2CC3CC(C2)CC1C3)Nc1ccc2c3c(cccc13)C(Br)=C2. The molecule has 0 unspecified atom stereocenters. The van der Waals surface area contributed by atoms with Crippen LogP contribution in [0, 0.1) is 23.7 Å². The van der Waals surface area contributed by atoms with E-state index in [1.54, 1.807) is 0 Å². The summed E-state index contributed by atoms with van der Waals surface area (Å²) >= 11 is 3.68. The highest BCUT2D eigenvalue weighted by Gasteiger charge is 2.48. The van der Waals surface area contributed by atoms with Gasteiger partial charge in [-0.05, 0) is 84.4 Å². The van der Waals surface area contributed by atoms with Gasteiger partial charge in [-0.2, -0.15) is 0 Å². The van der Waals surface area contributed by atoms with E-state index in [1.807, 2.05) is 0 Å². The number of benzene rings is 2. The van der Waals surface area contributed by atoms with E-state index in [9.17, 15) is 0 Å². The highest BCUT2D eigenvalue weighted by Crippen LogP contribution is 2.54. The molecule has 0 atom stereocenters. The molecule has 3 nitrogen and oxygen atoms in total. The average Bonchev–Trinajstić information content (AvgIpc) is 2.97. The molecule has 5 aliphatic carbocycles. The van der Waals surface area contributed by atoms with Gasteiger partial charge in [0.25, 0.3) is 0 Å². The molecule has 4 fully saturated rings. The molecule has 138 valence electrons. The zero-order chi connectivity index (χ0) is 18.1. The molecule has 0 spiro atoms. The van der Waals surface area contributed by atoms with Crippen LogP contribution in [0.25, 0.3) is 21.3 Å². The lowest BCUT2D eigenvalue weighted by atomic mass is 9.54. The molecule has 0 radical (unpaired) electrons. The molecular weight excluding hydrogens is 398 g/mol. The van der Waals surface area contributed by atoms with Gasteiger partial charge in [-0.15, -0.1) is 0 Å². The summed E-state index contributed by atoms with van der Waals surface area (Å²) in [5, 5.41) is 5.93. The number of aliphatic imine (C=N–C) groups is 1. The molecule has 0 aromatic heterocycles. The standard InChI is InChI=1S/C23H24BrN3/c24-19-11-14-4-5-20(18-3-1-2-17(19)21(14)18)26-23(25)27-22-15-7-12-6-13(9-15)10-16(22)8-12/h1-5,11-13,15-16,22H,6-10H2,(H3,25,26,27). The monoisotopic (exact) mass is 421 g/mol. The maximum atomic E-state index is 6.41. The fourth-order valence-corrected chi connectivity index (χ4v) is 7.09. The van der Waals surface area contributed by atoms with E-state index in [0.717, 1.165) is 33.8 Å². The molecule has 2 aromatic rings. The lowest BCUT2D eigenvalue weighted by Crippen LogP contribution is -2.48. The van der Waals surface area contributed by atoms with Crippen LogP contribution in [0.1, 0.15) is 43.2 Å². The Morgan fingerprint density at radius 3 is 2.48 bits per heavy atom. The zero-order valence-electron chi connectivity index (χ0n) is 15.3. The summed E-state index contributed by atoms with van der Waals surface area (Å²) in [5.41, 5.74) is 9.98. The number of rotatable bonds is 2. The van der Waals surface area contributed by atoms with Gasteiger partial charge in [0.05, 0.1) is 6.04 Å². The Labute approximate surface area is 168 Å². The number of nitrogens with one attached hydrogen (secondary N) is 1. The van der Waals surface area contributed by atoms with Crippen molar-refractivity contribution in [3.63, 3.8) is 0 Å². The third kappa shape index (κ3) is 2.49. The summed E-state index contributed by atoms with van der Waals surface area (Å²) in [6.45, 7) is 0. The fourth-order valence-electron chi connectivity index (χ4n) is 6.51. The van der Waals surface area contributed by atoms with Gasteiger partial charge >= 0.3 is 0 Å². The smallest absolute Gasteiger partial charge is 0.193 e.